The van der Waals surface area contributed by atoms with Crippen LogP contribution in [0, 0.1) is 11.3 Å². The molecule has 0 spiro atoms. The second-order valence-corrected chi connectivity index (χ2v) is 7.25. The Balaban J connectivity index is 2.10. The zero-order valence-electron chi connectivity index (χ0n) is 12.5. The molecule has 0 amide bonds. The van der Waals surface area contributed by atoms with Crippen molar-refractivity contribution in [2.75, 3.05) is 0 Å². The second kappa shape index (κ2) is 4.08. The Hall–Kier alpha value is -0.870. The van der Waals surface area contributed by atoms with Gasteiger partial charge in [-0.1, -0.05) is 18.1 Å². The van der Waals surface area contributed by atoms with Gasteiger partial charge in [0.15, 0.2) is 0 Å². The highest BCUT2D eigenvalue weighted by Gasteiger charge is 2.73. The topological polar surface area (TPSA) is 66.8 Å². The first-order valence-corrected chi connectivity index (χ1v) is 7.56. The van der Waals surface area contributed by atoms with Crippen LogP contribution in [-0.4, -0.2) is 33.5 Å². The third kappa shape index (κ3) is 1.52. The zero-order chi connectivity index (χ0) is 14.8. The van der Waals surface area contributed by atoms with Crippen LogP contribution in [0.1, 0.15) is 52.9 Å². The summed E-state index contributed by atoms with van der Waals surface area (Å²) in [6, 6.07) is 0. The van der Waals surface area contributed by atoms with Crippen LogP contribution in [0.15, 0.2) is 11.6 Å². The van der Waals surface area contributed by atoms with E-state index in [-0.39, 0.29) is 11.9 Å². The van der Waals surface area contributed by atoms with Gasteiger partial charge in [0.25, 0.3) is 0 Å². The summed E-state index contributed by atoms with van der Waals surface area (Å²) < 4.78 is 5.46. The summed E-state index contributed by atoms with van der Waals surface area (Å²) in [6.45, 7) is 5.70. The third-order valence-electron chi connectivity index (χ3n) is 5.72. The second-order valence-electron chi connectivity index (χ2n) is 7.25. The Morgan fingerprint density at radius 1 is 1.30 bits per heavy atom. The molecule has 112 valence electrons. The van der Waals surface area contributed by atoms with E-state index in [0.29, 0.717) is 19.3 Å². The minimum atomic E-state index is -1.23. The Labute approximate surface area is 119 Å². The predicted molar refractivity (Wildman–Crippen MR) is 73.9 cm³/mol. The fourth-order valence-corrected chi connectivity index (χ4v) is 4.78. The van der Waals surface area contributed by atoms with Crippen molar-refractivity contribution >= 4 is 5.97 Å². The van der Waals surface area contributed by atoms with Crippen LogP contribution < -0.4 is 0 Å². The zero-order valence-corrected chi connectivity index (χ0v) is 12.5. The van der Waals surface area contributed by atoms with E-state index in [1.165, 1.54) is 0 Å². The number of carbonyl (C=O) groups is 1. The Morgan fingerprint density at radius 2 is 2.00 bits per heavy atom. The van der Waals surface area contributed by atoms with Gasteiger partial charge < -0.3 is 14.9 Å². The molecule has 2 N–H and O–H groups in total. The van der Waals surface area contributed by atoms with Crippen molar-refractivity contribution in [3.8, 4) is 0 Å². The van der Waals surface area contributed by atoms with Crippen LogP contribution in [-0.2, 0) is 9.53 Å². The van der Waals surface area contributed by atoms with Gasteiger partial charge in [0, 0.05) is 5.92 Å². The molecule has 3 rings (SSSR count). The van der Waals surface area contributed by atoms with Gasteiger partial charge in [-0.3, -0.25) is 4.79 Å². The summed E-state index contributed by atoms with van der Waals surface area (Å²) >= 11 is 0. The quantitative estimate of drug-likeness (QED) is 0.569. The van der Waals surface area contributed by atoms with Crippen LogP contribution in [0.4, 0.5) is 0 Å². The molecule has 2 saturated carbocycles. The number of hydrogen-bond donors (Lipinski definition) is 2. The number of carbonyl (C=O) groups excluding carboxylic acids is 1. The van der Waals surface area contributed by atoms with Crippen LogP contribution >= 0.6 is 0 Å². The van der Waals surface area contributed by atoms with E-state index in [1.807, 2.05) is 19.9 Å². The van der Waals surface area contributed by atoms with Gasteiger partial charge in [-0.05, 0) is 46.5 Å². The Bertz CT molecular complexity index is 481. The molecular formula is C16H24O4. The SMILES string of the molecule is CC(C)=CC1(O)CCC2OC(=O)C3(C)CCCC1C23O. The van der Waals surface area contributed by atoms with Gasteiger partial charge in [0.1, 0.15) is 11.7 Å². The normalized spacial score (nSPS) is 50.4. The molecule has 0 aromatic heterocycles. The van der Waals surface area contributed by atoms with Crippen LogP contribution in [0.2, 0.25) is 0 Å². The molecule has 1 aliphatic heterocycles. The summed E-state index contributed by atoms with van der Waals surface area (Å²) in [6.07, 6.45) is 4.68. The number of rotatable bonds is 1. The van der Waals surface area contributed by atoms with Gasteiger partial charge in [0.05, 0.1) is 11.0 Å². The molecule has 2 aliphatic carbocycles. The molecule has 0 radical (unpaired) electrons. The minimum absolute atomic E-state index is 0.295. The summed E-state index contributed by atoms with van der Waals surface area (Å²) in [7, 11) is 0. The molecule has 4 nitrogen and oxygen atoms in total. The fourth-order valence-electron chi connectivity index (χ4n) is 4.78. The van der Waals surface area contributed by atoms with Crippen LogP contribution in [0.25, 0.3) is 0 Å². The Kier molecular flexibility index (Phi) is 2.87. The maximum absolute atomic E-state index is 12.2. The number of aliphatic hydroxyl groups is 2. The first kappa shape index (κ1) is 14.1. The lowest BCUT2D eigenvalue weighted by Crippen LogP contribution is -2.67. The molecule has 0 aromatic rings. The van der Waals surface area contributed by atoms with Crippen molar-refractivity contribution in [1.82, 2.24) is 0 Å². The lowest BCUT2D eigenvalue weighted by atomic mass is 9.51. The van der Waals surface area contributed by atoms with Crippen LogP contribution in [0.3, 0.4) is 0 Å². The smallest absolute Gasteiger partial charge is 0.315 e. The van der Waals surface area contributed by atoms with Crippen molar-refractivity contribution < 1.29 is 19.7 Å². The molecule has 1 saturated heterocycles. The summed E-state index contributed by atoms with van der Waals surface area (Å²) in [5.41, 5.74) is -2.10. The lowest BCUT2D eigenvalue weighted by Gasteiger charge is -2.55. The molecule has 5 unspecified atom stereocenters. The van der Waals surface area contributed by atoms with E-state index >= 15 is 0 Å². The molecule has 1 heterocycles. The van der Waals surface area contributed by atoms with E-state index in [2.05, 4.69) is 0 Å². The van der Waals surface area contributed by atoms with Crippen molar-refractivity contribution in [3.63, 3.8) is 0 Å². The average molecular weight is 280 g/mol. The highest BCUT2D eigenvalue weighted by molar-refractivity contribution is 5.81. The van der Waals surface area contributed by atoms with E-state index in [9.17, 15) is 15.0 Å². The molecule has 3 aliphatic rings. The number of esters is 1. The van der Waals surface area contributed by atoms with Gasteiger partial charge in [-0.25, -0.2) is 0 Å². The molecule has 5 atom stereocenters. The molecule has 0 bridgehead atoms. The monoisotopic (exact) mass is 280 g/mol. The summed E-state index contributed by atoms with van der Waals surface area (Å²) in [5, 5.41) is 22.4. The van der Waals surface area contributed by atoms with Gasteiger partial charge in [0.2, 0.25) is 0 Å². The Morgan fingerprint density at radius 3 is 2.65 bits per heavy atom. The number of allylic oxidation sites excluding steroid dienone is 1. The van der Waals surface area contributed by atoms with Crippen molar-refractivity contribution in [2.24, 2.45) is 11.3 Å². The van der Waals surface area contributed by atoms with Gasteiger partial charge in [-0.15, -0.1) is 0 Å². The number of hydrogen-bond acceptors (Lipinski definition) is 4. The van der Waals surface area contributed by atoms with Gasteiger partial charge in [-0.2, -0.15) is 0 Å². The summed E-state index contributed by atoms with van der Waals surface area (Å²) in [4.78, 5) is 12.2. The average Bonchev–Trinajstić information content (AvgIpc) is 2.53. The maximum Gasteiger partial charge on any atom is 0.315 e. The van der Waals surface area contributed by atoms with Gasteiger partial charge >= 0.3 is 5.97 Å². The van der Waals surface area contributed by atoms with Crippen molar-refractivity contribution in [3.05, 3.63) is 11.6 Å². The van der Waals surface area contributed by atoms with E-state index < -0.39 is 22.7 Å². The van der Waals surface area contributed by atoms with Crippen molar-refractivity contribution in [1.29, 1.82) is 0 Å². The van der Waals surface area contributed by atoms with Crippen molar-refractivity contribution in [2.45, 2.75) is 70.2 Å². The van der Waals surface area contributed by atoms with E-state index in [0.717, 1.165) is 18.4 Å². The minimum Gasteiger partial charge on any atom is -0.459 e. The molecule has 4 heteroatoms. The largest absolute Gasteiger partial charge is 0.459 e. The van der Waals surface area contributed by atoms with E-state index in [1.54, 1.807) is 6.92 Å². The maximum atomic E-state index is 12.2. The highest BCUT2D eigenvalue weighted by Crippen LogP contribution is 2.61. The summed E-state index contributed by atoms with van der Waals surface area (Å²) in [5.74, 6) is -0.620. The highest BCUT2D eigenvalue weighted by atomic mass is 16.6. The van der Waals surface area contributed by atoms with E-state index in [4.69, 9.17) is 4.74 Å². The first-order valence-electron chi connectivity index (χ1n) is 7.56. The first-order chi connectivity index (χ1) is 9.24. The predicted octanol–water partition coefficient (Wildman–Crippen LogP) is 1.94. The molecule has 20 heavy (non-hydrogen) atoms. The molecule has 3 fully saturated rings. The molecule has 0 aromatic carbocycles. The lowest BCUT2D eigenvalue weighted by molar-refractivity contribution is -0.215. The number of ether oxygens (including phenoxy) is 1. The third-order valence-corrected chi connectivity index (χ3v) is 5.72. The molecular weight excluding hydrogens is 256 g/mol. The fraction of sp³-hybridized carbons (Fsp3) is 0.812. The van der Waals surface area contributed by atoms with Crippen LogP contribution in [0.5, 0.6) is 0 Å². The standard InChI is InChI=1S/C16H24O4/c1-10(2)9-15(18)8-6-12-16(19)11(15)5-4-7-14(16,3)13(17)20-12/h9,11-12,18-19H,4-8H2,1-3H3.